The molecular weight excluding hydrogens is 244 g/mol. The molecule has 0 saturated carbocycles. The smallest absolute Gasteiger partial charge is 0.329 e. The normalized spacial score (nSPS) is 23.1. The summed E-state index contributed by atoms with van der Waals surface area (Å²) in [5.41, 5.74) is -0.617. The Hall–Kier alpha value is -1.91. The monoisotopic (exact) mass is 262 g/mol. The van der Waals surface area contributed by atoms with Crippen LogP contribution in [0.1, 0.15) is 43.0 Å². The van der Waals surface area contributed by atoms with E-state index in [1.807, 2.05) is 6.92 Å². The van der Waals surface area contributed by atoms with E-state index in [1.54, 1.807) is 18.3 Å². The Kier molecular flexibility index (Phi) is 3.83. The molecule has 0 aromatic carbocycles. The van der Waals surface area contributed by atoms with Crippen molar-refractivity contribution in [3.63, 3.8) is 0 Å². The zero-order valence-corrected chi connectivity index (χ0v) is 11.0. The summed E-state index contributed by atoms with van der Waals surface area (Å²) in [5, 5.41) is 9.55. The van der Waals surface area contributed by atoms with Crippen LogP contribution < -0.4 is 0 Å². The van der Waals surface area contributed by atoms with E-state index in [0.29, 0.717) is 24.9 Å². The Bertz CT molecular complexity index is 475. The third kappa shape index (κ3) is 2.32. The largest absolute Gasteiger partial charge is 0.479 e. The molecule has 5 nitrogen and oxygen atoms in total. The third-order valence-corrected chi connectivity index (χ3v) is 3.88. The maximum atomic E-state index is 12.5. The van der Waals surface area contributed by atoms with Crippen LogP contribution in [-0.2, 0) is 4.79 Å². The molecule has 1 saturated heterocycles. The lowest BCUT2D eigenvalue weighted by molar-refractivity contribution is -0.152. The van der Waals surface area contributed by atoms with Crippen molar-refractivity contribution in [3.05, 3.63) is 30.1 Å². The highest BCUT2D eigenvalue weighted by atomic mass is 16.4. The number of aliphatic carboxylic acids is 1. The number of amides is 1. The molecule has 1 unspecified atom stereocenters. The molecule has 2 rings (SSSR count). The molecule has 0 aliphatic carbocycles. The number of carbonyl (C=O) groups excluding carboxylic acids is 1. The van der Waals surface area contributed by atoms with Crippen LogP contribution in [0.25, 0.3) is 0 Å². The van der Waals surface area contributed by atoms with E-state index >= 15 is 0 Å². The fourth-order valence-electron chi connectivity index (χ4n) is 2.72. The van der Waals surface area contributed by atoms with Crippen LogP contribution in [0.5, 0.6) is 0 Å². The van der Waals surface area contributed by atoms with Gasteiger partial charge in [0.05, 0.1) is 5.56 Å². The van der Waals surface area contributed by atoms with Gasteiger partial charge in [-0.05, 0) is 37.8 Å². The summed E-state index contributed by atoms with van der Waals surface area (Å²) in [6.45, 7) is 2.32. The van der Waals surface area contributed by atoms with E-state index in [2.05, 4.69) is 4.98 Å². The lowest BCUT2D eigenvalue weighted by Gasteiger charge is -2.43. The number of piperidine rings is 1. The fourth-order valence-corrected chi connectivity index (χ4v) is 2.72. The van der Waals surface area contributed by atoms with E-state index in [-0.39, 0.29) is 5.91 Å². The summed E-state index contributed by atoms with van der Waals surface area (Å²) >= 11 is 0. The molecule has 1 N–H and O–H groups in total. The minimum absolute atomic E-state index is 0.239. The Morgan fingerprint density at radius 1 is 1.47 bits per heavy atom. The highest BCUT2D eigenvalue weighted by Crippen LogP contribution is 2.32. The van der Waals surface area contributed by atoms with Gasteiger partial charge in [-0.3, -0.25) is 9.78 Å². The number of carbonyl (C=O) groups is 2. The molecule has 19 heavy (non-hydrogen) atoms. The number of hydrogen-bond donors (Lipinski definition) is 1. The lowest BCUT2D eigenvalue weighted by atomic mass is 9.83. The lowest BCUT2D eigenvalue weighted by Crippen LogP contribution is -2.59. The van der Waals surface area contributed by atoms with Crippen molar-refractivity contribution in [2.24, 2.45) is 0 Å². The molecule has 1 aromatic rings. The van der Waals surface area contributed by atoms with Crippen LogP contribution >= 0.6 is 0 Å². The quantitative estimate of drug-likeness (QED) is 0.903. The van der Waals surface area contributed by atoms with Gasteiger partial charge in [-0.25, -0.2) is 4.79 Å². The van der Waals surface area contributed by atoms with Gasteiger partial charge in [0.2, 0.25) is 0 Å². The minimum Gasteiger partial charge on any atom is -0.479 e. The van der Waals surface area contributed by atoms with Crippen molar-refractivity contribution in [1.82, 2.24) is 9.88 Å². The summed E-state index contributed by atoms with van der Waals surface area (Å²) < 4.78 is 0. The number of pyridine rings is 1. The third-order valence-electron chi connectivity index (χ3n) is 3.88. The fraction of sp³-hybridized carbons (Fsp3) is 0.500. The van der Waals surface area contributed by atoms with Crippen molar-refractivity contribution < 1.29 is 14.7 Å². The number of hydrogen-bond acceptors (Lipinski definition) is 3. The summed E-state index contributed by atoms with van der Waals surface area (Å²) in [4.78, 5) is 29.6. The highest BCUT2D eigenvalue weighted by Gasteiger charge is 2.46. The van der Waals surface area contributed by atoms with Gasteiger partial charge in [0.1, 0.15) is 5.54 Å². The zero-order valence-electron chi connectivity index (χ0n) is 11.0. The topological polar surface area (TPSA) is 70.5 Å². The first-order valence-electron chi connectivity index (χ1n) is 6.57. The Balaban J connectivity index is 2.35. The molecule has 1 fully saturated rings. The highest BCUT2D eigenvalue weighted by molar-refractivity contribution is 5.97. The van der Waals surface area contributed by atoms with E-state index in [4.69, 9.17) is 0 Å². The van der Waals surface area contributed by atoms with Gasteiger partial charge >= 0.3 is 5.97 Å². The van der Waals surface area contributed by atoms with Crippen molar-refractivity contribution in [3.8, 4) is 0 Å². The van der Waals surface area contributed by atoms with E-state index in [9.17, 15) is 14.7 Å². The van der Waals surface area contributed by atoms with E-state index in [1.165, 1.54) is 11.1 Å². The maximum Gasteiger partial charge on any atom is 0.329 e. The molecule has 1 aliphatic rings. The van der Waals surface area contributed by atoms with Crippen LogP contribution in [-0.4, -0.2) is 39.0 Å². The number of carboxylic acids is 1. The SMILES string of the molecule is CCC1(C(=O)O)CCCCN1C(=O)c1cccnc1. The Labute approximate surface area is 112 Å². The predicted octanol–water partition coefficient (Wildman–Crippen LogP) is 1.94. The maximum absolute atomic E-state index is 12.5. The van der Waals surface area contributed by atoms with Crippen LogP contribution in [0.4, 0.5) is 0 Å². The van der Waals surface area contributed by atoms with Crippen molar-refractivity contribution in [2.45, 2.75) is 38.1 Å². The Morgan fingerprint density at radius 2 is 2.26 bits per heavy atom. The Morgan fingerprint density at radius 3 is 2.84 bits per heavy atom. The van der Waals surface area contributed by atoms with Crippen LogP contribution in [0.15, 0.2) is 24.5 Å². The molecule has 1 atom stereocenters. The average molecular weight is 262 g/mol. The number of rotatable bonds is 3. The van der Waals surface area contributed by atoms with Crippen molar-refractivity contribution in [1.29, 1.82) is 0 Å². The van der Waals surface area contributed by atoms with Crippen molar-refractivity contribution in [2.75, 3.05) is 6.54 Å². The van der Waals surface area contributed by atoms with Gasteiger partial charge in [-0.2, -0.15) is 0 Å². The number of aromatic nitrogens is 1. The second-order valence-corrected chi connectivity index (χ2v) is 4.85. The van der Waals surface area contributed by atoms with Gasteiger partial charge < -0.3 is 10.0 Å². The summed E-state index contributed by atoms with van der Waals surface area (Å²) in [6, 6.07) is 3.36. The van der Waals surface area contributed by atoms with Crippen LogP contribution in [0.2, 0.25) is 0 Å². The van der Waals surface area contributed by atoms with Crippen LogP contribution in [0, 0.1) is 0 Å². The van der Waals surface area contributed by atoms with Gasteiger partial charge in [0.15, 0.2) is 0 Å². The van der Waals surface area contributed by atoms with Gasteiger partial charge in [-0.1, -0.05) is 6.92 Å². The molecule has 1 aromatic heterocycles. The second-order valence-electron chi connectivity index (χ2n) is 4.85. The van der Waals surface area contributed by atoms with Crippen LogP contribution in [0.3, 0.4) is 0 Å². The summed E-state index contributed by atoms with van der Waals surface area (Å²) in [7, 11) is 0. The molecule has 1 aliphatic heterocycles. The van der Waals surface area contributed by atoms with E-state index in [0.717, 1.165) is 12.8 Å². The van der Waals surface area contributed by atoms with E-state index < -0.39 is 11.5 Å². The van der Waals surface area contributed by atoms with Crippen molar-refractivity contribution >= 4 is 11.9 Å². The minimum atomic E-state index is -1.06. The molecule has 1 amide bonds. The van der Waals surface area contributed by atoms with Gasteiger partial charge in [-0.15, -0.1) is 0 Å². The van der Waals surface area contributed by atoms with Gasteiger partial charge in [0.25, 0.3) is 5.91 Å². The number of nitrogens with zero attached hydrogens (tertiary/aromatic N) is 2. The molecule has 102 valence electrons. The molecular formula is C14H18N2O3. The molecule has 0 radical (unpaired) electrons. The first-order valence-corrected chi connectivity index (χ1v) is 6.57. The zero-order chi connectivity index (χ0) is 13.9. The molecule has 0 bridgehead atoms. The standard InChI is InChI=1S/C14H18N2O3/c1-2-14(13(18)19)7-3-4-9-16(14)12(17)11-6-5-8-15-10-11/h5-6,8,10H,2-4,7,9H2,1H3,(H,18,19). The molecule has 0 spiro atoms. The number of carboxylic acid groups (broad SMARTS) is 1. The summed E-state index contributed by atoms with van der Waals surface area (Å²) in [5.74, 6) is -1.15. The average Bonchev–Trinajstić information content (AvgIpc) is 2.47. The second kappa shape index (κ2) is 5.38. The first kappa shape index (κ1) is 13.5. The molecule has 2 heterocycles. The summed E-state index contributed by atoms with van der Waals surface area (Å²) in [6.07, 6.45) is 5.72. The number of likely N-dealkylation sites (tertiary alicyclic amines) is 1. The predicted molar refractivity (Wildman–Crippen MR) is 69.8 cm³/mol. The first-order chi connectivity index (χ1) is 9.12. The molecule has 5 heteroatoms. The van der Waals surface area contributed by atoms with Gasteiger partial charge in [0, 0.05) is 18.9 Å².